The molecule has 0 atom stereocenters. The van der Waals surface area contributed by atoms with Gasteiger partial charge in [-0.3, -0.25) is 4.68 Å². The van der Waals surface area contributed by atoms with E-state index in [1.54, 1.807) is 0 Å². The van der Waals surface area contributed by atoms with Crippen LogP contribution in [0.5, 0.6) is 0 Å². The molecule has 1 aliphatic heterocycles. The predicted octanol–water partition coefficient (Wildman–Crippen LogP) is 1.84. The summed E-state index contributed by atoms with van der Waals surface area (Å²) in [7, 11) is 0. The van der Waals surface area contributed by atoms with Crippen LogP contribution in [0.3, 0.4) is 0 Å². The van der Waals surface area contributed by atoms with Gasteiger partial charge in [0.05, 0.1) is 5.69 Å². The Morgan fingerprint density at radius 3 is 2.47 bits per heavy atom. The van der Waals surface area contributed by atoms with E-state index in [2.05, 4.69) is 42.8 Å². The SMILES string of the molecule is Cc1nn(C(C)C)c(C)c1CC1CNC1. The number of aromatic nitrogens is 2. The third-order valence-electron chi connectivity index (χ3n) is 3.32. The average molecular weight is 207 g/mol. The molecule has 1 aliphatic rings. The molecular formula is C12H21N3. The third kappa shape index (κ3) is 1.93. The highest BCUT2D eigenvalue weighted by Gasteiger charge is 2.21. The second-order valence-corrected chi connectivity index (χ2v) is 4.92. The zero-order valence-electron chi connectivity index (χ0n) is 10.2. The summed E-state index contributed by atoms with van der Waals surface area (Å²) in [5.41, 5.74) is 4.04. The Bertz CT molecular complexity index is 348. The zero-order valence-corrected chi connectivity index (χ0v) is 10.2. The van der Waals surface area contributed by atoms with E-state index in [-0.39, 0.29) is 0 Å². The maximum absolute atomic E-state index is 4.62. The van der Waals surface area contributed by atoms with Gasteiger partial charge in [0.1, 0.15) is 0 Å². The number of nitrogens with one attached hydrogen (secondary N) is 1. The fourth-order valence-electron chi connectivity index (χ4n) is 2.28. The van der Waals surface area contributed by atoms with Gasteiger partial charge in [-0.2, -0.15) is 5.10 Å². The van der Waals surface area contributed by atoms with Gasteiger partial charge < -0.3 is 5.32 Å². The van der Waals surface area contributed by atoms with Crippen LogP contribution >= 0.6 is 0 Å². The van der Waals surface area contributed by atoms with Crippen molar-refractivity contribution in [1.29, 1.82) is 0 Å². The van der Waals surface area contributed by atoms with Crippen molar-refractivity contribution in [2.45, 2.75) is 40.2 Å². The second kappa shape index (κ2) is 3.97. The Labute approximate surface area is 91.9 Å². The number of hydrogen-bond acceptors (Lipinski definition) is 2. The normalized spacial score (nSPS) is 17.1. The van der Waals surface area contributed by atoms with E-state index in [0.29, 0.717) is 6.04 Å². The van der Waals surface area contributed by atoms with Gasteiger partial charge >= 0.3 is 0 Å². The van der Waals surface area contributed by atoms with Crippen molar-refractivity contribution in [2.24, 2.45) is 5.92 Å². The molecule has 84 valence electrons. The Morgan fingerprint density at radius 2 is 2.07 bits per heavy atom. The van der Waals surface area contributed by atoms with Crippen molar-refractivity contribution in [2.75, 3.05) is 13.1 Å². The molecule has 15 heavy (non-hydrogen) atoms. The molecular weight excluding hydrogens is 186 g/mol. The van der Waals surface area contributed by atoms with Crippen LogP contribution in [-0.4, -0.2) is 22.9 Å². The van der Waals surface area contributed by atoms with Gasteiger partial charge in [-0.05, 0) is 58.7 Å². The lowest BCUT2D eigenvalue weighted by Gasteiger charge is -2.27. The summed E-state index contributed by atoms with van der Waals surface area (Å²) < 4.78 is 2.15. The molecule has 1 aromatic rings. The van der Waals surface area contributed by atoms with Gasteiger partial charge in [0.15, 0.2) is 0 Å². The summed E-state index contributed by atoms with van der Waals surface area (Å²) in [6, 6.07) is 0.469. The molecule has 0 amide bonds. The smallest absolute Gasteiger partial charge is 0.0628 e. The molecule has 2 heterocycles. The lowest BCUT2D eigenvalue weighted by Crippen LogP contribution is -2.43. The van der Waals surface area contributed by atoms with E-state index in [0.717, 1.165) is 5.92 Å². The van der Waals surface area contributed by atoms with E-state index in [1.165, 1.54) is 36.5 Å². The first-order valence-electron chi connectivity index (χ1n) is 5.85. The fourth-order valence-corrected chi connectivity index (χ4v) is 2.28. The molecule has 0 aromatic carbocycles. The van der Waals surface area contributed by atoms with Crippen LogP contribution in [0.4, 0.5) is 0 Å². The molecule has 2 rings (SSSR count). The van der Waals surface area contributed by atoms with Crippen molar-refractivity contribution >= 4 is 0 Å². The molecule has 0 bridgehead atoms. The molecule has 0 spiro atoms. The van der Waals surface area contributed by atoms with Crippen molar-refractivity contribution in [3.63, 3.8) is 0 Å². The van der Waals surface area contributed by atoms with E-state index >= 15 is 0 Å². The van der Waals surface area contributed by atoms with E-state index in [1.807, 2.05) is 0 Å². The topological polar surface area (TPSA) is 29.9 Å². The molecule has 1 aromatic heterocycles. The minimum absolute atomic E-state index is 0.469. The van der Waals surface area contributed by atoms with Crippen LogP contribution in [0.1, 0.15) is 36.8 Å². The van der Waals surface area contributed by atoms with Gasteiger partial charge in [-0.25, -0.2) is 0 Å². The molecule has 0 unspecified atom stereocenters. The molecule has 3 nitrogen and oxygen atoms in total. The molecule has 0 saturated carbocycles. The standard InChI is InChI=1S/C12H21N3/c1-8(2)15-10(4)12(9(3)14-15)5-11-6-13-7-11/h8,11,13H,5-7H2,1-4H3. The Kier molecular flexibility index (Phi) is 2.83. The zero-order chi connectivity index (χ0) is 11.0. The highest BCUT2D eigenvalue weighted by Crippen LogP contribution is 2.21. The van der Waals surface area contributed by atoms with E-state index in [4.69, 9.17) is 0 Å². The minimum atomic E-state index is 0.469. The quantitative estimate of drug-likeness (QED) is 0.819. The van der Waals surface area contributed by atoms with Gasteiger partial charge in [-0.15, -0.1) is 0 Å². The van der Waals surface area contributed by atoms with Crippen LogP contribution in [0.15, 0.2) is 0 Å². The van der Waals surface area contributed by atoms with Gasteiger partial charge in [0, 0.05) is 11.7 Å². The van der Waals surface area contributed by atoms with Crippen molar-refractivity contribution in [3.05, 3.63) is 17.0 Å². The monoisotopic (exact) mass is 207 g/mol. The first kappa shape index (κ1) is 10.7. The summed E-state index contributed by atoms with van der Waals surface area (Å²) in [6.45, 7) is 11.1. The third-order valence-corrected chi connectivity index (χ3v) is 3.32. The summed E-state index contributed by atoms with van der Waals surface area (Å²) in [5, 5.41) is 7.94. The molecule has 3 heteroatoms. The van der Waals surface area contributed by atoms with Crippen molar-refractivity contribution in [3.8, 4) is 0 Å². The average Bonchev–Trinajstić information content (AvgIpc) is 2.36. The highest BCUT2D eigenvalue weighted by atomic mass is 15.3. The van der Waals surface area contributed by atoms with Crippen LogP contribution in [-0.2, 0) is 6.42 Å². The highest BCUT2D eigenvalue weighted by molar-refractivity contribution is 5.26. The molecule has 1 N–H and O–H groups in total. The summed E-state index contributed by atoms with van der Waals surface area (Å²) >= 11 is 0. The Morgan fingerprint density at radius 1 is 1.40 bits per heavy atom. The maximum atomic E-state index is 4.62. The lowest BCUT2D eigenvalue weighted by atomic mass is 9.93. The van der Waals surface area contributed by atoms with Crippen LogP contribution in [0, 0.1) is 19.8 Å². The maximum Gasteiger partial charge on any atom is 0.0628 e. The van der Waals surface area contributed by atoms with Gasteiger partial charge in [0.2, 0.25) is 0 Å². The van der Waals surface area contributed by atoms with Crippen molar-refractivity contribution in [1.82, 2.24) is 15.1 Å². The summed E-state index contributed by atoms with van der Waals surface area (Å²) in [6.07, 6.45) is 1.19. The predicted molar refractivity (Wildman–Crippen MR) is 62.1 cm³/mol. The lowest BCUT2D eigenvalue weighted by molar-refractivity contribution is 0.345. The number of rotatable bonds is 3. The largest absolute Gasteiger partial charge is 0.316 e. The first-order valence-corrected chi connectivity index (χ1v) is 5.85. The Balaban J connectivity index is 2.21. The molecule has 0 aliphatic carbocycles. The minimum Gasteiger partial charge on any atom is -0.316 e. The van der Waals surface area contributed by atoms with Crippen LogP contribution in [0.25, 0.3) is 0 Å². The summed E-state index contributed by atoms with van der Waals surface area (Å²) in [5.74, 6) is 0.826. The first-order chi connectivity index (χ1) is 7.09. The number of aryl methyl sites for hydroxylation is 1. The van der Waals surface area contributed by atoms with Crippen molar-refractivity contribution < 1.29 is 0 Å². The second-order valence-electron chi connectivity index (χ2n) is 4.92. The van der Waals surface area contributed by atoms with Crippen LogP contribution < -0.4 is 5.32 Å². The van der Waals surface area contributed by atoms with Gasteiger partial charge in [-0.1, -0.05) is 0 Å². The molecule has 0 radical (unpaired) electrons. The molecule has 1 saturated heterocycles. The van der Waals surface area contributed by atoms with E-state index < -0.39 is 0 Å². The van der Waals surface area contributed by atoms with Gasteiger partial charge in [0.25, 0.3) is 0 Å². The Hall–Kier alpha value is -0.830. The number of hydrogen-bond donors (Lipinski definition) is 1. The molecule has 1 fully saturated rings. The number of nitrogens with zero attached hydrogens (tertiary/aromatic N) is 2. The van der Waals surface area contributed by atoms with E-state index in [9.17, 15) is 0 Å². The van der Waals surface area contributed by atoms with Crippen LogP contribution in [0.2, 0.25) is 0 Å². The fraction of sp³-hybridized carbons (Fsp3) is 0.750. The summed E-state index contributed by atoms with van der Waals surface area (Å²) in [4.78, 5) is 0.